The molecular formula is C16H29N3O7. The van der Waals surface area contributed by atoms with Crippen molar-refractivity contribution in [3.63, 3.8) is 0 Å². The molecule has 26 heavy (non-hydrogen) atoms. The normalized spacial score (nSPS) is 15.6. The lowest BCUT2D eigenvalue weighted by atomic mass is 9.92. The van der Waals surface area contributed by atoms with E-state index in [0.717, 1.165) is 0 Å². The summed E-state index contributed by atoms with van der Waals surface area (Å²) in [6.07, 6.45) is -1.56. The standard InChI is InChI=1S/C16H29N3O7/c1-9(21)13(17)3-4-19(2)15(24)10(7-14(18)23)5-12(22)6-11(8-20)16(25)26/h9-11,13,20-21H,3-8,17H2,1-2H3,(H2,18,23)(H,25,26)/t9?,10-,11-,13+/m0/s1. The number of hydrogen-bond donors (Lipinski definition) is 5. The first kappa shape index (κ1) is 24.0. The Balaban J connectivity index is 4.90. The second-order valence-corrected chi connectivity index (χ2v) is 6.48. The van der Waals surface area contributed by atoms with Crippen LogP contribution >= 0.6 is 0 Å². The fourth-order valence-corrected chi connectivity index (χ4v) is 2.36. The summed E-state index contributed by atoms with van der Waals surface area (Å²) in [5.74, 6) is -5.40. The number of rotatable bonds is 13. The number of carbonyl (C=O) groups is 4. The molecule has 4 atom stereocenters. The van der Waals surface area contributed by atoms with Crippen molar-refractivity contribution in [2.75, 3.05) is 20.2 Å². The molecule has 0 bridgehead atoms. The minimum Gasteiger partial charge on any atom is -0.481 e. The Kier molecular flexibility index (Phi) is 10.6. The van der Waals surface area contributed by atoms with E-state index in [-0.39, 0.29) is 19.4 Å². The Morgan fingerprint density at radius 3 is 2.04 bits per heavy atom. The molecule has 1 unspecified atom stereocenters. The number of carboxylic acids is 1. The van der Waals surface area contributed by atoms with Crippen LogP contribution < -0.4 is 11.5 Å². The molecular weight excluding hydrogens is 346 g/mol. The highest BCUT2D eigenvalue weighted by atomic mass is 16.4. The van der Waals surface area contributed by atoms with Gasteiger partial charge in [-0.05, 0) is 13.3 Å². The van der Waals surface area contributed by atoms with E-state index in [9.17, 15) is 24.3 Å². The molecule has 0 saturated heterocycles. The van der Waals surface area contributed by atoms with Crippen molar-refractivity contribution >= 4 is 23.6 Å². The van der Waals surface area contributed by atoms with Gasteiger partial charge in [0.05, 0.1) is 24.5 Å². The quantitative estimate of drug-likeness (QED) is 0.246. The summed E-state index contributed by atoms with van der Waals surface area (Å²) >= 11 is 0. The van der Waals surface area contributed by atoms with Crippen LogP contribution in [0.1, 0.15) is 32.6 Å². The second-order valence-electron chi connectivity index (χ2n) is 6.48. The van der Waals surface area contributed by atoms with Crippen molar-refractivity contribution in [2.45, 2.75) is 44.8 Å². The van der Waals surface area contributed by atoms with Crippen LogP contribution in [0.25, 0.3) is 0 Å². The minimum atomic E-state index is -1.32. The van der Waals surface area contributed by atoms with Crippen LogP contribution in [-0.2, 0) is 19.2 Å². The first-order valence-corrected chi connectivity index (χ1v) is 8.31. The van der Waals surface area contributed by atoms with Crippen LogP contribution in [0.15, 0.2) is 0 Å². The van der Waals surface area contributed by atoms with Crippen LogP contribution in [0.2, 0.25) is 0 Å². The third kappa shape index (κ3) is 8.88. The van der Waals surface area contributed by atoms with Gasteiger partial charge < -0.3 is 31.7 Å². The molecule has 10 nitrogen and oxygen atoms in total. The third-order valence-corrected chi connectivity index (χ3v) is 4.11. The van der Waals surface area contributed by atoms with Crippen LogP contribution in [0.4, 0.5) is 0 Å². The molecule has 0 aliphatic rings. The molecule has 0 fully saturated rings. The van der Waals surface area contributed by atoms with Crippen molar-refractivity contribution in [1.82, 2.24) is 4.90 Å². The van der Waals surface area contributed by atoms with Crippen LogP contribution in [0, 0.1) is 11.8 Å². The van der Waals surface area contributed by atoms with Crippen molar-refractivity contribution in [2.24, 2.45) is 23.3 Å². The average molecular weight is 375 g/mol. The van der Waals surface area contributed by atoms with E-state index in [2.05, 4.69) is 0 Å². The van der Waals surface area contributed by atoms with Crippen molar-refractivity contribution < 1.29 is 34.5 Å². The van der Waals surface area contributed by atoms with E-state index >= 15 is 0 Å². The van der Waals surface area contributed by atoms with Gasteiger partial charge in [0.25, 0.3) is 0 Å². The van der Waals surface area contributed by atoms with E-state index < -0.39 is 60.6 Å². The molecule has 2 amide bonds. The SMILES string of the molecule is CC(O)[C@H](N)CCN(C)C(=O)[C@H](CC(N)=O)CC(=O)C[C@@H](CO)C(=O)O. The lowest BCUT2D eigenvalue weighted by Crippen LogP contribution is -2.41. The minimum absolute atomic E-state index is 0.211. The number of aliphatic carboxylic acids is 1. The Morgan fingerprint density at radius 2 is 1.62 bits per heavy atom. The lowest BCUT2D eigenvalue weighted by molar-refractivity contribution is -0.145. The lowest BCUT2D eigenvalue weighted by Gasteiger charge is -2.25. The number of hydrogen-bond acceptors (Lipinski definition) is 7. The maximum atomic E-state index is 12.5. The van der Waals surface area contributed by atoms with Gasteiger partial charge in [0.2, 0.25) is 11.8 Å². The van der Waals surface area contributed by atoms with Crippen LogP contribution in [0.3, 0.4) is 0 Å². The van der Waals surface area contributed by atoms with Crippen molar-refractivity contribution in [3.8, 4) is 0 Å². The molecule has 0 saturated carbocycles. The number of ketones is 1. The zero-order valence-electron chi connectivity index (χ0n) is 15.1. The predicted octanol–water partition coefficient (Wildman–Crippen LogP) is -1.92. The molecule has 7 N–H and O–H groups in total. The summed E-state index contributed by atoms with van der Waals surface area (Å²) in [6.45, 7) is 1.04. The number of carbonyl (C=O) groups excluding carboxylic acids is 3. The molecule has 0 rings (SSSR count). The van der Waals surface area contributed by atoms with E-state index in [1.54, 1.807) is 0 Å². The summed E-state index contributed by atoms with van der Waals surface area (Å²) < 4.78 is 0. The molecule has 0 aromatic rings. The topological polar surface area (TPSA) is 184 Å². The number of amides is 2. The van der Waals surface area contributed by atoms with Gasteiger partial charge in [0.15, 0.2) is 0 Å². The highest BCUT2D eigenvalue weighted by Gasteiger charge is 2.29. The van der Waals surface area contributed by atoms with Gasteiger partial charge in [-0.3, -0.25) is 19.2 Å². The zero-order chi connectivity index (χ0) is 20.4. The smallest absolute Gasteiger partial charge is 0.309 e. The van der Waals surface area contributed by atoms with Gasteiger partial charge in [-0.15, -0.1) is 0 Å². The number of aliphatic hydroxyl groups is 2. The number of nitrogens with two attached hydrogens (primary N) is 2. The summed E-state index contributed by atoms with van der Waals surface area (Å²) in [6, 6.07) is -0.526. The first-order valence-electron chi connectivity index (χ1n) is 8.31. The molecule has 0 aliphatic heterocycles. The monoisotopic (exact) mass is 375 g/mol. The maximum Gasteiger partial charge on any atom is 0.309 e. The number of carboxylic acid groups (broad SMARTS) is 1. The Morgan fingerprint density at radius 1 is 1.08 bits per heavy atom. The molecule has 0 heterocycles. The number of aliphatic hydroxyl groups excluding tert-OH is 2. The molecule has 0 aromatic heterocycles. The van der Waals surface area contributed by atoms with Gasteiger partial charge in [-0.1, -0.05) is 0 Å². The molecule has 0 aliphatic carbocycles. The third-order valence-electron chi connectivity index (χ3n) is 4.11. The van der Waals surface area contributed by atoms with Crippen molar-refractivity contribution in [3.05, 3.63) is 0 Å². The largest absolute Gasteiger partial charge is 0.481 e. The molecule has 10 heteroatoms. The van der Waals surface area contributed by atoms with E-state index in [0.29, 0.717) is 6.42 Å². The number of nitrogens with zero attached hydrogens (tertiary/aromatic N) is 1. The fraction of sp³-hybridized carbons (Fsp3) is 0.750. The fourth-order valence-electron chi connectivity index (χ4n) is 2.36. The van der Waals surface area contributed by atoms with Crippen LogP contribution in [0.5, 0.6) is 0 Å². The predicted molar refractivity (Wildman–Crippen MR) is 91.7 cm³/mol. The summed E-state index contributed by atoms with van der Waals surface area (Å²) in [5, 5.41) is 27.2. The first-order chi connectivity index (χ1) is 12.0. The second kappa shape index (κ2) is 11.6. The molecule has 0 radical (unpaired) electrons. The highest BCUT2D eigenvalue weighted by molar-refractivity contribution is 5.91. The Bertz CT molecular complexity index is 510. The summed E-state index contributed by atoms with van der Waals surface area (Å²) in [5.41, 5.74) is 10.8. The van der Waals surface area contributed by atoms with E-state index in [1.807, 2.05) is 0 Å². The van der Waals surface area contributed by atoms with Gasteiger partial charge in [-0.25, -0.2) is 0 Å². The van der Waals surface area contributed by atoms with Crippen molar-refractivity contribution in [1.29, 1.82) is 0 Å². The zero-order valence-corrected chi connectivity index (χ0v) is 15.1. The highest BCUT2D eigenvalue weighted by Crippen LogP contribution is 2.16. The van der Waals surface area contributed by atoms with Gasteiger partial charge >= 0.3 is 5.97 Å². The molecule has 0 spiro atoms. The number of Topliss-reactive ketones (excluding diaryl/α,β-unsaturated/α-hetero) is 1. The van der Waals surface area contributed by atoms with E-state index in [1.165, 1.54) is 18.9 Å². The molecule has 150 valence electrons. The Labute approximate surface area is 152 Å². The van der Waals surface area contributed by atoms with E-state index in [4.69, 9.17) is 21.7 Å². The number of primary amides is 1. The van der Waals surface area contributed by atoms with Gasteiger partial charge in [0.1, 0.15) is 5.78 Å². The maximum absolute atomic E-state index is 12.5. The summed E-state index contributed by atoms with van der Waals surface area (Å²) in [4.78, 5) is 47.9. The van der Waals surface area contributed by atoms with Gasteiger partial charge in [0, 0.05) is 38.9 Å². The van der Waals surface area contributed by atoms with Crippen LogP contribution in [-0.4, -0.2) is 76.1 Å². The van der Waals surface area contributed by atoms with Gasteiger partial charge in [-0.2, -0.15) is 0 Å². The Hall–Kier alpha value is -2.04. The molecule has 0 aromatic carbocycles. The average Bonchev–Trinajstić information content (AvgIpc) is 2.54. The summed E-state index contributed by atoms with van der Waals surface area (Å²) in [7, 11) is 1.48.